The molecule has 0 bridgehead atoms. The lowest BCUT2D eigenvalue weighted by Gasteiger charge is -2.32. The monoisotopic (exact) mass is 318 g/mol. The summed E-state index contributed by atoms with van der Waals surface area (Å²) >= 11 is 0. The van der Waals surface area contributed by atoms with Gasteiger partial charge in [0.1, 0.15) is 5.69 Å². The summed E-state index contributed by atoms with van der Waals surface area (Å²) in [5.41, 5.74) is 2.13. The first-order valence-corrected chi connectivity index (χ1v) is 8.39. The molecule has 23 heavy (non-hydrogen) atoms. The topological polar surface area (TPSA) is 43.7 Å². The van der Waals surface area contributed by atoms with Crippen molar-refractivity contribution in [1.82, 2.24) is 9.47 Å². The van der Waals surface area contributed by atoms with E-state index in [0.717, 1.165) is 29.9 Å². The van der Waals surface area contributed by atoms with E-state index in [2.05, 4.69) is 46.1 Å². The van der Waals surface area contributed by atoms with Gasteiger partial charge in [-0.25, -0.2) is 0 Å². The van der Waals surface area contributed by atoms with E-state index in [4.69, 9.17) is 9.31 Å². The highest BCUT2D eigenvalue weighted by atomic mass is 16.7. The van der Waals surface area contributed by atoms with Crippen LogP contribution in [-0.2, 0) is 15.9 Å². The van der Waals surface area contributed by atoms with Gasteiger partial charge in [0.25, 0.3) is 5.91 Å². The van der Waals surface area contributed by atoms with Gasteiger partial charge in [0.15, 0.2) is 0 Å². The van der Waals surface area contributed by atoms with Crippen LogP contribution in [0, 0.1) is 0 Å². The number of hydrogen-bond acceptors (Lipinski definition) is 3. The zero-order valence-electron chi connectivity index (χ0n) is 15.3. The van der Waals surface area contributed by atoms with Crippen LogP contribution in [0.15, 0.2) is 6.07 Å². The molecule has 0 aliphatic carbocycles. The van der Waals surface area contributed by atoms with Crippen molar-refractivity contribution in [3.8, 4) is 0 Å². The summed E-state index contributed by atoms with van der Waals surface area (Å²) in [5.74, 6) is 0.370. The SMILES string of the molecule is CC(C)c1c(B2OC(C)(C)C(C)(C)O2)cc2n1CCN(C)C2=O. The lowest BCUT2D eigenvalue weighted by atomic mass is 9.77. The van der Waals surface area contributed by atoms with Crippen LogP contribution in [0.1, 0.15) is 63.6 Å². The molecule has 126 valence electrons. The second-order valence-electron chi connectivity index (χ2n) is 7.99. The maximum atomic E-state index is 12.5. The van der Waals surface area contributed by atoms with Crippen molar-refractivity contribution in [3.63, 3.8) is 0 Å². The molecule has 1 aromatic rings. The molecule has 3 heterocycles. The Kier molecular flexibility index (Phi) is 3.69. The molecule has 2 aliphatic heterocycles. The second kappa shape index (κ2) is 5.11. The Morgan fingerprint density at radius 3 is 2.22 bits per heavy atom. The van der Waals surface area contributed by atoms with Gasteiger partial charge in [-0.3, -0.25) is 4.79 Å². The van der Waals surface area contributed by atoms with Crippen LogP contribution in [0.25, 0.3) is 0 Å². The Morgan fingerprint density at radius 1 is 1.13 bits per heavy atom. The summed E-state index contributed by atoms with van der Waals surface area (Å²) in [6, 6.07) is 1.97. The van der Waals surface area contributed by atoms with Crippen LogP contribution in [0.3, 0.4) is 0 Å². The third-order valence-corrected chi connectivity index (χ3v) is 5.45. The van der Waals surface area contributed by atoms with Crippen LogP contribution in [0.2, 0.25) is 0 Å². The number of likely N-dealkylation sites (N-methyl/N-ethyl adjacent to an activating group) is 1. The first-order chi connectivity index (χ1) is 10.5. The van der Waals surface area contributed by atoms with Crippen LogP contribution in [0.5, 0.6) is 0 Å². The molecule has 0 spiro atoms. The molecule has 1 amide bonds. The number of rotatable bonds is 2. The summed E-state index contributed by atoms with van der Waals surface area (Å²) in [6.45, 7) is 14.1. The van der Waals surface area contributed by atoms with Gasteiger partial charge in [-0.1, -0.05) is 13.8 Å². The largest absolute Gasteiger partial charge is 0.496 e. The fraction of sp³-hybridized carbons (Fsp3) is 0.706. The Morgan fingerprint density at radius 2 is 1.70 bits per heavy atom. The summed E-state index contributed by atoms with van der Waals surface area (Å²) in [5, 5.41) is 0. The fourth-order valence-electron chi connectivity index (χ4n) is 3.35. The summed E-state index contributed by atoms with van der Waals surface area (Å²) in [4.78, 5) is 14.3. The van der Waals surface area contributed by atoms with Crippen LogP contribution in [-0.4, -0.2) is 47.3 Å². The molecular weight excluding hydrogens is 291 g/mol. The van der Waals surface area contributed by atoms with Gasteiger partial charge in [0.05, 0.1) is 11.2 Å². The zero-order valence-corrected chi connectivity index (χ0v) is 15.3. The molecule has 0 N–H and O–H groups in total. The average Bonchev–Trinajstić information content (AvgIpc) is 2.90. The van der Waals surface area contributed by atoms with E-state index in [1.807, 2.05) is 13.1 Å². The normalized spacial score (nSPS) is 22.9. The minimum Gasteiger partial charge on any atom is -0.399 e. The maximum Gasteiger partial charge on any atom is 0.496 e. The van der Waals surface area contributed by atoms with Gasteiger partial charge >= 0.3 is 7.12 Å². The molecule has 2 aliphatic rings. The second-order valence-corrected chi connectivity index (χ2v) is 7.99. The lowest BCUT2D eigenvalue weighted by Crippen LogP contribution is -2.41. The zero-order chi connectivity index (χ0) is 17.2. The van der Waals surface area contributed by atoms with E-state index in [1.165, 1.54) is 0 Å². The van der Waals surface area contributed by atoms with E-state index < -0.39 is 7.12 Å². The third-order valence-electron chi connectivity index (χ3n) is 5.45. The summed E-state index contributed by atoms with van der Waals surface area (Å²) in [7, 11) is 1.43. The van der Waals surface area contributed by atoms with Crippen molar-refractivity contribution >= 4 is 18.5 Å². The quantitative estimate of drug-likeness (QED) is 0.784. The molecule has 6 heteroatoms. The number of carbonyl (C=O) groups excluding carboxylic acids is 1. The average molecular weight is 318 g/mol. The number of carbonyl (C=O) groups is 1. The molecule has 5 nitrogen and oxygen atoms in total. The van der Waals surface area contributed by atoms with Gasteiger partial charge < -0.3 is 18.8 Å². The molecule has 3 rings (SSSR count). The predicted octanol–water partition coefficient (Wildman–Crippen LogP) is 2.00. The highest BCUT2D eigenvalue weighted by Gasteiger charge is 2.53. The Hall–Kier alpha value is -1.27. The van der Waals surface area contributed by atoms with Gasteiger partial charge in [-0.05, 0) is 39.7 Å². The minimum atomic E-state index is -0.423. The first kappa shape index (κ1) is 16.6. The van der Waals surface area contributed by atoms with Gasteiger partial charge in [-0.15, -0.1) is 0 Å². The van der Waals surface area contributed by atoms with Crippen molar-refractivity contribution in [2.24, 2.45) is 0 Å². The highest BCUT2D eigenvalue weighted by molar-refractivity contribution is 6.62. The maximum absolute atomic E-state index is 12.5. The first-order valence-electron chi connectivity index (χ1n) is 8.39. The van der Waals surface area contributed by atoms with E-state index in [9.17, 15) is 4.79 Å². The van der Waals surface area contributed by atoms with Crippen molar-refractivity contribution in [1.29, 1.82) is 0 Å². The highest BCUT2D eigenvalue weighted by Crippen LogP contribution is 2.37. The molecule has 1 fully saturated rings. The van der Waals surface area contributed by atoms with Crippen molar-refractivity contribution in [2.75, 3.05) is 13.6 Å². The Bertz CT molecular complexity index is 633. The molecule has 1 saturated heterocycles. The number of nitrogens with zero attached hydrogens (tertiary/aromatic N) is 2. The molecule has 0 unspecified atom stereocenters. The van der Waals surface area contributed by atoms with E-state index in [0.29, 0.717) is 5.92 Å². The van der Waals surface area contributed by atoms with E-state index in [1.54, 1.807) is 4.90 Å². The molecule has 0 atom stereocenters. The Labute approximate surface area is 139 Å². The van der Waals surface area contributed by atoms with E-state index >= 15 is 0 Å². The Balaban J connectivity index is 2.08. The lowest BCUT2D eigenvalue weighted by molar-refractivity contribution is 0.00578. The number of fused-ring (bicyclic) bond motifs is 1. The van der Waals surface area contributed by atoms with E-state index in [-0.39, 0.29) is 17.1 Å². The molecule has 0 radical (unpaired) electrons. The molecular formula is C17H27BN2O3. The van der Waals surface area contributed by atoms with Gasteiger partial charge in [0.2, 0.25) is 0 Å². The summed E-state index contributed by atoms with van der Waals surface area (Å²) in [6.07, 6.45) is 0. The molecule has 0 aromatic carbocycles. The fourth-order valence-corrected chi connectivity index (χ4v) is 3.35. The third kappa shape index (κ3) is 2.43. The predicted molar refractivity (Wildman–Crippen MR) is 91.2 cm³/mol. The van der Waals surface area contributed by atoms with Crippen LogP contribution < -0.4 is 5.46 Å². The number of amides is 1. The van der Waals surface area contributed by atoms with Gasteiger partial charge in [0, 0.05) is 31.3 Å². The van der Waals surface area contributed by atoms with Crippen molar-refractivity contribution in [2.45, 2.75) is 65.2 Å². The smallest absolute Gasteiger partial charge is 0.399 e. The van der Waals surface area contributed by atoms with Crippen LogP contribution in [0.4, 0.5) is 0 Å². The van der Waals surface area contributed by atoms with Crippen LogP contribution >= 0.6 is 0 Å². The standard InChI is InChI=1S/C17H27BN2O3/c1-11(2)14-12(18-22-16(3,4)17(5,6)23-18)10-13-15(21)19(7)8-9-20(13)14/h10-11H,8-9H2,1-7H3. The number of hydrogen-bond donors (Lipinski definition) is 0. The minimum absolute atomic E-state index is 0.0703. The molecule has 1 aromatic heterocycles. The number of aromatic nitrogens is 1. The van der Waals surface area contributed by atoms with Crippen molar-refractivity contribution < 1.29 is 14.1 Å². The summed E-state index contributed by atoms with van der Waals surface area (Å²) < 4.78 is 14.6. The van der Waals surface area contributed by atoms with Gasteiger partial charge in [-0.2, -0.15) is 0 Å². The molecule has 0 saturated carbocycles. The van der Waals surface area contributed by atoms with Crippen molar-refractivity contribution in [3.05, 3.63) is 17.5 Å².